The highest BCUT2D eigenvalue weighted by atomic mass is 32.1. The van der Waals surface area contributed by atoms with Crippen LogP contribution in [0.25, 0.3) is 10.1 Å². The summed E-state index contributed by atoms with van der Waals surface area (Å²) >= 11 is 1.31. The Labute approximate surface area is 230 Å². The largest absolute Gasteiger partial charge is 0.341 e. The van der Waals surface area contributed by atoms with E-state index < -0.39 is 29.1 Å². The number of alkyl halides is 3. The summed E-state index contributed by atoms with van der Waals surface area (Å²) in [5, 5.41) is 12.8. The van der Waals surface area contributed by atoms with Crippen molar-refractivity contribution in [2.45, 2.75) is 24.2 Å². The number of carbonyl (C=O) groups excluding carboxylic acids is 1. The number of nitrogens with zero attached hydrogens (tertiary/aromatic N) is 3. The number of H-pyrrole nitrogens is 1. The first kappa shape index (κ1) is 26.0. The number of carbonyl (C=O) groups is 1. The first-order chi connectivity index (χ1) is 19.2. The average molecular weight is 565 g/mol. The maximum absolute atomic E-state index is 16.5. The molecule has 2 atom stereocenters. The molecule has 204 valence electrons. The van der Waals surface area contributed by atoms with Crippen LogP contribution in [0.3, 0.4) is 0 Å². The van der Waals surface area contributed by atoms with Crippen LogP contribution in [0.1, 0.15) is 20.9 Å². The van der Waals surface area contributed by atoms with Gasteiger partial charge in [0.05, 0.1) is 24.0 Å². The zero-order valence-electron chi connectivity index (χ0n) is 20.9. The number of nitrogens with one attached hydrogen (secondary N) is 3. The van der Waals surface area contributed by atoms with E-state index in [1.54, 1.807) is 29.2 Å². The Morgan fingerprint density at radius 3 is 2.70 bits per heavy atom. The number of allylic oxidation sites excluding steroid dienone is 2. The van der Waals surface area contributed by atoms with Crippen LogP contribution in [0.15, 0.2) is 83.8 Å². The van der Waals surface area contributed by atoms with Crippen LogP contribution < -0.4 is 16.2 Å². The van der Waals surface area contributed by atoms with E-state index in [-0.39, 0.29) is 24.5 Å². The first-order valence-corrected chi connectivity index (χ1v) is 13.3. The lowest BCUT2D eigenvalue weighted by Gasteiger charge is -2.38. The monoisotopic (exact) mass is 564 g/mol. The molecule has 1 aliphatic carbocycles. The van der Waals surface area contributed by atoms with Crippen LogP contribution in [0.5, 0.6) is 0 Å². The Morgan fingerprint density at radius 2 is 1.95 bits per heavy atom. The van der Waals surface area contributed by atoms with E-state index in [9.17, 15) is 18.4 Å². The molecule has 1 saturated heterocycles. The zero-order chi connectivity index (χ0) is 27.9. The fraction of sp³-hybridized carbons (Fsp3) is 0.214. The molecule has 1 fully saturated rings. The maximum Gasteiger partial charge on any atom is 0.287 e. The van der Waals surface area contributed by atoms with Crippen molar-refractivity contribution in [3.63, 3.8) is 0 Å². The summed E-state index contributed by atoms with van der Waals surface area (Å²) in [6.45, 7) is -0.244. The van der Waals surface area contributed by atoms with E-state index in [0.29, 0.717) is 17.2 Å². The molecule has 6 rings (SSSR count). The number of anilines is 2. The third-order valence-electron chi connectivity index (χ3n) is 6.74. The van der Waals surface area contributed by atoms with Gasteiger partial charge in [-0.3, -0.25) is 14.5 Å². The number of rotatable bonds is 7. The first-order valence-electron chi connectivity index (χ1n) is 12.5. The predicted octanol–water partition coefficient (Wildman–Crippen LogP) is 4.66. The standard InChI is InChI=1S/C28H23F3N6O2S/c29-27(30)15-37(16-27)14-17-8-9-24(32-13-17)33-19-12-23(35-36-25(19)38)28(31)10-4-3-7-22(28)34-26(39)21-11-18-5-1-2-6-20(18)40-21/h1-13,22H,14-16H2,(H,34,39)(H,36,38)(H,32,33,35). The van der Waals surface area contributed by atoms with Crippen molar-refractivity contribution in [2.24, 2.45) is 0 Å². The molecule has 1 aliphatic heterocycles. The normalized spacial score (nSPS) is 21.7. The lowest BCUT2D eigenvalue weighted by atomic mass is 9.88. The number of pyridine rings is 1. The van der Waals surface area contributed by atoms with E-state index in [1.807, 2.05) is 24.3 Å². The van der Waals surface area contributed by atoms with Crippen LogP contribution in [0.2, 0.25) is 0 Å². The third-order valence-corrected chi connectivity index (χ3v) is 7.86. The van der Waals surface area contributed by atoms with Crippen molar-refractivity contribution < 1.29 is 18.0 Å². The number of likely N-dealkylation sites (tertiary alicyclic amines) is 1. The number of amides is 1. The Hall–Kier alpha value is -4.29. The van der Waals surface area contributed by atoms with Gasteiger partial charge in [-0.2, -0.15) is 5.10 Å². The SMILES string of the molecule is O=C(NC1C=CC=CC1(F)c1cc(Nc2ccc(CN3CC(F)(F)C3)cn2)c(=O)[nH]n1)c1cc2ccccc2s1. The Balaban J connectivity index is 1.19. The molecule has 1 aromatic carbocycles. The molecule has 40 heavy (non-hydrogen) atoms. The third kappa shape index (κ3) is 5.15. The van der Waals surface area contributed by atoms with Gasteiger partial charge in [-0.1, -0.05) is 42.5 Å². The van der Waals surface area contributed by atoms with Gasteiger partial charge in [0.1, 0.15) is 17.2 Å². The lowest BCUT2D eigenvalue weighted by Crippen LogP contribution is -2.55. The highest BCUT2D eigenvalue weighted by molar-refractivity contribution is 7.20. The predicted molar refractivity (Wildman–Crippen MR) is 147 cm³/mol. The summed E-state index contributed by atoms with van der Waals surface area (Å²) in [6, 6.07) is 12.8. The van der Waals surface area contributed by atoms with E-state index in [4.69, 9.17) is 0 Å². The van der Waals surface area contributed by atoms with Gasteiger partial charge >= 0.3 is 0 Å². The maximum atomic E-state index is 16.5. The molecule has 0 spiro atoms. The average Bonchev–Trinajstić information content (AvgIpc) is 3.36. The Bertz CT molecular complexity index is 1660. The number of aromatic amines is 1. The molecule has 0 bridgehead atoms. The molecule has 12 heteroatoms. The highest BCUT2D eigenvalue weighted by Crippen LogP contribution is 2.35. The number of hydrogen-bond acceptors (Lipinski definition) is 7. The number of halogens is 3. The summed E-state index contributed by atoms with van der Waals surface area (Å²) in [4.78, 5) is 31.9. The van der Waals surface area contributed by atoms with E-state index in [0.717, 1.165) is 15.6 Å². The lowest BCUT2D eigenvalue weighted by molar-refractivity contribution is -0.133. The topological polar surface area (TPSA) is 103 Å². The van der Waals surface area contributed by atoms with Crippen molar-refractivity contribution in [3.8, 4) is 0 Å². The van der Waals surface area contributed by atoms with Gasteiger partial charge in [0.25, 0.3) is 17.4 Å². The van der Waals surface area contributed by atoms with Gasteiger partial charge in [-0.25, -0.2) is 23.3 Å². The summed E-state index contributed by atoms with van der Waals surface area (Å²) in [5.74, 6) is -2.77. The van der Waals surface area contributed by atoms with E-state index >= 15 is 4.39 Å². The van der Waals surface area contributed by atoms with Gasteiger partial charge in [0, 0.05) is 17.4 Å². The molecule has 2 unspecified atom stereocenters. The zero-order valence-corrected chi connectivity index (χ0v) is 21.7. The molecule has 0 saturated carbocycles. The van der Waals surface area contributed by atoms with Gasteiger partial charge in [0.2, 0.25) is 0 Å². The second kappa shape index (κ2) is 10.0. The van der Waals surface area contributed by atoms with Crippen LogP contribution in [0, 0.1) is 0 Å². The number of thiophene rings is 1. The fourth-order valence-corrected chi connectivity index (χ4v) is 5.69. The number of hydrogen-bond donors (Lipinski definition) is 3. The smallest absolute Gasteiger partial charge is 0.287 e. The molecule has 3 N–H and O–H groups in total. The molecular weight excluding hydrogens is 541 g/mol. The van der Waals surface area contributed by atoms with Gasteiger partial charge in [0.15, 0.2) is 5.67 Å². The van der Waals surface area contributed by atoms with Crippen molar-refractivity contribution >= 4 is 38.8 Å². The summed E-state index contributed by atoms with van der Waals surface area (Å²) in [7, 11) is 0. The van der Waals surface area contributed by atoms with Gasteiger partial charge in [-0.05, 0) is 41.3 Å². The summed E-state index contributed by atoms with van der Waals surface area (Å²) in [6.07, 6.45) is 7.47. The fourth-order valence-electron chi connectivity index (χ4n) is 4.72. The van der Waals surface area contributed by atoms with Gasteiger partial charge < -0.3 is 10.6 Å². The highest BCUT2D eigenvalue weighted by Gasteiger charge is 2.43. The molecular formula is C28H23F3N6O2S. The van der Waals surface area contributed by atoms with Crippen molar-refractivity contribution in [1.82, 2.24) is 25.4 Å². The quantitative estimate of drug-likeness (QED) is 0.302. The second-order valence-electron chi connectivity index (χ2n) is 9.79. The number of aromatic nitrogens is 3. The summed E-state index contributed by atoms with van der Waals surface area (Å²) < 4.78 is 43.6. The minimum absolute atomic E-state index is 0.00203. The van der Waals surface area contributed by atoms with Crippen LogP contribution in [-0.2, 0) is 12.2 Å². The van der Waals surface area contributed by atoms with E-state index in [1.165, 1.54) is 41.8 Å². The van der Waals surface area contributed by atoms with Crippen LogP contribution in [0.4, 0.5) is 24.7 Å². The van der Waals surface area contributed by atoms with Crippen LogP contribution >= 0.6 is 11.3 Å². The Kier molecular flexibility index (Phi) is 6.51. The molecule has 0 radical (unpaired) electrons. The molecule has 3 aromatic heterocycles. The molecule has 4 heterocycles. The van der Waals surface area contributed by atoms with E-state index in [2.05, 4.69) is 25.8 Å². The molecule has 1 amide bonds. The number of benzene rings is 1. The molecule has 2 aliphatic rings. The summed E-state index contributed by atoms with van der Waals surface area (Å²) in [5.41, 5.74) is -2.22. The molecule has 8 nitrogen and oxygen atoms in total. The number of fused-ring (bicyclic) bond motifs is 1. The minimum Gasteiger partial charge on any atom is -0.341 e. The Morgan fingerprint density at radius 1 is 1.12 bits per heavy atom. The minimum atomic E-state index is -2.65. The van der Waals surface area contributed by atoms with Crippen molar-refractivity contribution in [1.29, 1.82) is 0 Å². The molecule has 4 aromatic rings. The van der Waals surface area contributed by atoms with Crippen molar-refractivity contribution in [3.05, 3.63) is 106 Å². The second-order valence-corrected chi connectivity index (χ2v) is 10.9. The van der Waals surface area contributed by atoms with Crippen LogP contribution in [-0.4, -0.2) is 51.0 Å². The van der Waals surface area contributed by atoms with Crippen molar-refractivity contribution in [2.75, 3.05) is 18.4 Å². The van der Waals surface area contributed by atoms with Gasteiger partial charge in [-0.15, -0.1) is 11.3 Å².